The van der Waals surface area contributed by atoms with E-state index in [0.717, 1.165) is 33.8 Å². The lowest BCUT2D eigenvalue weighted by Gasteiger charge is -2.12. The van der Waals surface area contributed by atoms with Crippen LogP contribution < -0.4 is 0 Å². The Morgan fingerprint density at radius 3 is 2.73 bits per heavy atom. The molecule has 1 nitrogen and oxygen atoms in total. The first-order chi connectivity index (χ1) is 7.15. The van der Waals surface area contributed by atoms with Crippen LogP contribution in [0.15, 0.2) is 39.8 Å². The van der Waals surface area contributed by atoms with E-state index < -0.39 is 6.10 Å². The van der Waals surface area contributed by atoms with Crippen LogP contribution in [0.25, 0.3) is 0 Å². The van der Waals surface area contributed by atoms with E-state index in [9.17, 15) is 5.11 Å². The predicted molar refractivity (Wildman–Crippen MR) is 70.8 cm³/mol. The third kappa shape index (κ3) is 4.09. The van der Waals surface area contributed by atoms with Crippen molar-refractivity contribution in [3.63, 3.8) is 0 Å². The second kappa shape index (κ2) is 6.46. The maximum absolute atomic E-state index is 9.94. The number of halogens is 2. The van der Waals surface area contributed by atoms with Gasteiger partial charge in [-0.05, 0) is 37.0 Å². The van der Waals surface area contributed by atoms with Crippen LogP contribution in [0.1, 0.15) is 30.9 Å². The minimum Gasteiger partial charge on any atom is -0.388 e. The van der Waals surface area contributed by atoms with Gasteiger partial charge in [-0.15, -0.1) is 6.58 Å². The number of allylic oxidation sites excluding steroid dienone is 1. The summed E-state index contributed by atoms with van der Waals surface area (Å²) in [4.78, 5) is 0. The minimum atomic E-state index is -0.396. The van der Waals surface area contributed by atoms with Crippen molar-refractivity contribution in [1.29, 1.82) is 0 Å². The fourth-order valence-corrected chi connectivity index (χ4v) is 2.69. The Kier molecular flexibility index (Phi) is 5.58. The standard InChI is InChI=1S/C12H14Br2O/c1-2-3-4-5-12(15)10-7-6-9(13)8-11(10)14/h2,6-8,12,15H,1,3-5H2. The maximum Gasteiger partial charge on any atom is 0.0801 e. The van der Waals surface area contributed by atoms with Crippen LogP contribution in [0.2, 0.25) is 0 Å². The lowest BCUT2D eigenvalue weighted by molar-refractivity contribution is 0.164. The molecule has 0 aliphatic rings. The minimum absolute atomic E-state index is 0.396. The van der Waals surface area contributed by atoms with Gasteiger partial charge in [-0.25, -0.2) is 0 Å². The highest BCUT2D eigenvalue weighted by Crippen LogP contribution is 2.29. The monoisotopic (exact) mass is 332 g/mol. The zero-order valence-electron chi connectivity index (χ0n) is 8.42. The molecule has 1 atom stereocenters. The third-order valence-electron chi connectivity index (χ3n) is 2.21. The molecule has 82 valence electrons. The summed E-state index contributed by atoms with van der Waals surface area (Å²) in [6.07, 6.45) is 4.17. The van der Waals surface area contributed by atoms with Crippen molar-refractivity contribution < 1.29 is 5.11 Å². The summed E-state index contributed by atoms with van der Waals surface area (Å²) in [5.74, 6) is 0. The molecule has 0 aliphatic heterocycles. The van der Waals surface area contributed by atoms with Gasteiger partial charge in [0, 0.05) is 8.95 Å². The first-order valence-corrected chi connectivity index (χ1v) is 6.47. The topological polar surface area (TPSA) is 20.2 Å². The molecule has 1 N–H and O–H groups in total. The molecule has 0 fully saturated rings. The average Bonchev–Trinajstić information content (AvgIpc) is 2.17. The highest BCUT2D eigenvalue weighted by molar-refractivity contribution is 9.11. The van der Waals surface area contributed by atoms with Crippen molar-refractivity contribution in [2.45, 2.75) is 25.4 Å². The SMILES string of the molecule is C=CCCCC(O)c1ccc(Br)cc1Br. The van der Waals surface area contributed by atoms with Crippen LogP contribution in [0.3, 0.4) is 0 Å². The Morgan fingerprint density at radius 2 is 2.13 bits per heavy atom. The zero-order chi connectivity index (χ0) is 11.3. The molecule has 1 aromatic carbocycles. The van der Waals surface area contributed by atoms with Crippen LogP contribution in [0.4, 0.5) is 0 Å². The number of hydrogen-bond donors (Lipinski definition) is 1. The lowest BCUT2D eigenvalue weighted by atomic mass is 10.0. The molecule has 0 spiro atoms. The van der Waals surface area contributed by atoms with Gasteiger partial charge in [0.15, 0.2) is 0 Å². The smallest absolute Gasteiger partial charge is 0.0801 e. The molecule has 3 heteroatoms. The molecule has 1 unspecified atom stereocenters. The number of aliphatic hydroxyl groups excluding tert-OH is 1. The fourth-order valence-electron chi connectivity index (χ4n) is 1.38. The summed E-state index contributed by atoms with van der Waals surface area (Å²) < 4.78 is 1.96. The van der Waals surface area contributed by atoms with Gasteiger partial charge in [0.1, 0.15) is 0 Å². The van der Waals surface area contributed by atoms with E-state index in [2.05, 4.69) is 38.4 Å². The van der Waals surface area contributed by atoms with Gasteiger partial charge in [-0.1, -0.05) is 44.0 Å². The Hall–Kier alpha value is -0.120. The second-order valence-corrected chi connectivity index (χ2v) is 5.17. The Balaban J connectivity index is 2.64. The van der Waals surface area contributed by atoms with Gasteiger partial charge in [-0.2, -0.15) is 0 Å². The molecule has 0 bridgehead atoms. The molecule has 0 aromatic heterocycles. The predicted octanol–water partition coefficient (Wildman–Crippen LogP) is 4.60. The van der Waals surface area contributed by atoms with Crippen molar-refractivity contribution in [3.05, 3.63) is 45.4 Å². The lowest BCUT2D eigenvalue weighted by Crippen LogP contribution is -1.98. The molecule has 0 saturated carbocycles. The Bertz CT molecular complexity index is 336. The van der Waals surface area contributed by atoms with Gasteiger partial charge in [0.25, 0.3) is 0 Å². The van der Waals surface area contributed by atoms with Gasteiger partial charge in [0.05, 0.1) is 6.10 Å². The highest BCUT2D eigenvalue weighted by atomic mass is 79.9. The van der Waals surface area contributed by atoms with Crippen molar-refractivity contribution in [2.24, 2.45) is 0 Å². The number of rotatable bonds is 5. The van der Waals surface area contributed by atoms with Crippen LogP contribution in [0.5, 0.6) is 0 Å². The van der Waals surface area contributed by atoms with Gasteiger partial charge < -0.3 is 5.11 Å². The largest absolute Gasteiger partial charge is 0.388 e. The zero-order valence-corrected chi connectivity index (χ0v) is 11.6. The molecule has 0 saturated heterocycles. The number of benzene rings is 1. The first kappa shape index (κ1) is 12.9. The summed E-state index contributed by atoms with van der Waals surface area (Å²) in [5, 5.41) is 9.94. The normalized spacial score (nSPS) is 12.5. The average molecular weight is 334 g/mol. The molecule has 1 aromatic rings. The molecule has 1 rings (SSSR count). The van der Waals surface area contributed by atoms with E-state index in [1.165, 1.54) is 0 Å². The van der Waals surface area contributed by atoms with E-state index in [1.807, 2.05) is 24.3 Å². The van der Waals surface area contributed by atoms with E-state index >= 15 is 0 Å². The van der Waals surface area contributed by atoms with Crippen molar-refractivity contribution >= 4 is 31.9 Å². The first-order valence-electron chi connectivity index (χ1n) is 4.89. The summed E-state index contributed by atoms with van der Waals surface area (Å²) in [7, 11) is 0. The Labute approximate surface area is 107 Å². The molecular formula is C12H14Br2O. The van der Waals surface area contributed by atoms with Gasteiger partial charge in [0.2, 0.25) is 0 Å². The number of unbranched alkanes of at least 4 members (excludes halogenated alkanes) is 1. The molecular weight excluding hydrogens is 320 g/mol. The van der Waals surface area contributed by atoms with E-state index in [1.54, 1.807) is 0 Å². The molecule has 0 heterocycles. The molecule has 0 aliphatic carbocycles. The van der Waals surface area contributed by atoms with Crippen molar-refractivity contribution in [1.82, 2.24) is 0 Å². The summed E-state index contributed by atoms with van der Waals surface area (Å²) >= 11 is 6.83. The Morgan fingerprint density at radius 1 is 1.40 bits per heavy atom. The van der Waals surface area contributed by atoms with Crippen LogP contribution in [0, 0.1) is 0 Å². The molecule has 0 amide bonds. The number of hydrogen-bond acceptors (Lipinski definition) is 1. The van der Waals surface area contributed by atoms with Crippen molar-refractivity contribution in [3.8, 4) is 0 Å². The number of aliphatic hydroxyl groups is 1. The summed E-state index contributed by atoms with van der Waals surface area (Å²) in [6, 6.07) is 5.83. The molecule has 15 heavy (non-hydrogen) atoms. The quantitative estimate of drug-likeness (QED) is 0.616. The maximum atomic E-state index is 9.94. The van der Waals surface area contributed by atoms with Crippen LogP contribution in [-0.4, -0.2) is 5.11 Å². The summed E-state index contributed by atoms with van der Waals surface area (Å²) in [5.41, 5.74) is 0.947. The van der Waals surface area contributed by atoms with Gasteiger partial charge in [-0.3, -0.25) is 0 Å². The van der Waals surface area contributed by atoms with Gasteiger partial charge >= 0.3 is 0 Å². The second-order valence-electron chi connectivity index (χ2n) is 3.40. The third-order valence-corrected chi connectivity index (χ3v) is 3.39. The van der Waals surface area contributed by atoms with Crippen LogP contribution >= 0.6 is 31.9 Å². The molecule has 0 radical (unpaired) electrons. The van der Waals surface area contributed by atoms with E-state index in [-0.39, 0.29) is 0 Å². The van der Waals surface area contributed by atoms with E-state index in [0.29, 0.717) is 0 Å². The van der Waals surface area contributed by atoms with E-state index in [4.69, 9.17) is 0 Å². The summed E-state index contributed by atoms with van der Waals surface area (Å²) in [6.45, 7) is 3.66. The van der Waals surface area contributed by atoms with Crippen molar-refractivity contribution in [2.75, 3.05) is 0 Å². The van der Waals surface area contributed by atoms with Crippen LogP contribution in [-0.2, 0) is 0 Å². The highest BCUT2D eigenvalue weighted by Gasteiger charge is 2.10. The fraction of sp³-hybridized carbons (Fsp3) is 0.333.